The van der Waals surface area contributed by atoms with Gasteiger partial charge in [-0.1, -0.05) is 39.5 Å². The van der Waals surface area contributed by atoms with Crippen LogP contribution in [-0.4, -0.2) is 11.6 Å². The number of hydrogen-bond donors (Lipinski definition) is 0. The van der Waals surface area contributed by atoms with Gasteiger partial charge in [0, 0.05) is 10.8 Å². The Morgan fingerprint density at radius 3 is 1.76 bits per heavy atom. The normalized spacial score (nSPS) is 30.0. The first-order valence-electron chi connectivity index (χ1n) is 9.22. The highest BCUT2D eigenvalue weighted by Gasteiger charge is 2.67. The molecule has 1 unspecified atom stereocenters. The van der Waals surface area contributed by atoms with Crippen molar-refractivity contribution in [1.29, 1.82) is 0 Å². The fraction of sp³-hybridized carbons (Fsp3) is 0.947. The Labute approximate surface area is 130 Å². The second-order valence-electron chi connectivity index (χ2n) is 8.24. The Hall–Kier alpha value is -0.530. The lowest BCUT2D eigenvalue weighted by Gasteiger charge is -2.49. The molecule has 3 aliphatic rings. The first kappa shape index (κ1) is 15.4. The summed E-state index contributed by atoms with van der Waals surface area (Å²) in [7, 11) is 0. The minimum absolute atomic E-state index is 0.0410. The van der Waals surface area contributed by atoms with Gasteiger partial charge in [0.05, 0.1) is 5.92 Å². The van der Waals surface area contributed by atoms with Crippen molar-refractivity contribution in [1.82, 2.24) is 0 Å². The molecule has 3 aliphatic carbocycles. The van der Waals surface area contributed by atoms with Crippen molar-refractivity contribution in [3.8, 4) is 0 Å². The van der Waals surface area contributed by atoms with Crippen molar-refractivity contribution in [2.45, 2.75) is 97.0 Å². The van der Waals surface area contributed by atoms with Crippen LogP contribution < -0.4 is 0 Å². The van der Waals surface area contributed by atoms with E-state index in [2.05, 4.69) is 13.8 Å². The zero-order chi connectivity index (χ0) is 15.1. The van der Waals surface area contributed by atoms with Crippen molar-refractivity contribution in [2.24, 2.45) is 16.7 Å². The molecule has 3 fully saturated rings. The van der Waals surface area contributed by atoms with Gasteiger partial charge in [0.2, 0.25) is 0 Å². The molecule has 3 saturated carbocycles. The highest BCUT2D eigenvalue weighted by Crippen LogP contribution is 2.69. The van der Waals surface area contributed by atoms with E-state index in [0.717, 1.165) is 6.42 Å². The van der Waals surface area contributed by atoms with Crippen LogP contribution in [0.1, 0.15) is 91.4 Å². The number of carbonyl (C=O) groups excluding carboxylic acids is 1. The zero-order valence-electron chi connectivity index (χ0n) is 14.2. The second kappa shape index (κ2) is 5.28. The van der Waals surface area contributed by atoms with Crippen LogP contribution in [0.5, 0.6) is 0 Å². The number of rotatable bonds is 3. The predicted octanol–water partition coefficient (Wildman–Crippen LogP) is 5.25. The van der Waals surface area contributed by atoms with Crippen molar-refractivity contribution in [3.05, 3.63) is 0 Å². The molecule has 0 aromatic rings. The van der Waals surface area contributed by atoms with Crippen LogP contribution >= 0.6 is 0 Å². The fourth-order valence-electron chi connectivity index (χ4n) is 5.76. The van der Waals surface area contributed by atoms with Gasteiger partial charge in [-0.2, -0.15) is 0 Å². The van der Waals surface area contributed by atoms with Gasteiger partial charge in [0.15, 0.2) is 0 Å². The van der Waals surface area contributed by atoms with Crippen LogP contribution in [0.25, 0.3) is 0 Å². The van der Waals surface area contributed by atoms with Gasteiger partial charge in [-0.15, -0.1) is 0 Å². The van der Waals surface area contributed by atoms with E-state index in [4.69, 9.17) is 4.74 Å². The van der Waals surface area contributed by atoms with Crippen LogP contribution in [0, 0.1) is 16.7 Å². The third-order valence-electron chi connectivity index (χ3n) is 7.55. The summed E-state index contributed by atoms with van der Waals surface area (Å²) in [4.78, 5) is 12.6. The lowest BCUT2D eigenvalue weighted by atomic mass is 9.63. The average Bonchev–Trinajstić information content (AvgIpc) is 3.18. The minimum Gasteiger partial charge on any atom is -0.458 e. The van der Waals surface area contributed by atoms with Crippen LogP contribution in [0.2, 0.25) is 0 Å². The number of esters is 1. The number of ether oxygens (including phenoxy) is 1. The van der Waals surface area contributed by atoms with Crippen molar-refractivity contribution in [3.63, 3.8) is 0 Å². The lowest BCUT2D eigenvalue weighted by molar-refractivity contribution is -0.194. The molecule has 0 amide bonds. The Kier molecular flexibility index (Phi) is 3.86. The van der Waals surface area contributed by atoms with E-state index < -0.39 is 0 Å². The van der Waals surface area contributed by atoms with Crippen LogP contribution in [0.3, 0.4) is 0 Å². The van der Waals surface area contributed by atoms with Crippen molar-refractivity contribution in [2.75, 3.05) is 0 Å². The largest absolute Gasteiger partial charge is 0.458 e. The molecule has 0 aromatic heterocycles. The summed E-state index contributed by atoms with van der Waals surface area (Å²) < 4.78 is 6.39. The molecule has 2 spiro atoms. The number of carbonyl (C=O) groups is 1. The van der Waals surface area contributed by atoms with E-state index in [0.29, 0.717) is 10.8 Å². The van der Waals surface area contributed by atoms with Crippen molar-refractivity contribution < 1.29 is 9.53 Å². The molecule has 0 N–H and O–H groups in total. The second-order valence-corrected chi connectivity index (χ2v) is 8.24. The molecule has 21 heavy (non-hydrogen) atoms. The molecule has 3 rings (SSSR count). The number of hydrogen-bond acceptors (Lipinski definition) is 2. The van der Waals surface area contributed by atoms with Gasteiger partial charge in [0.25, 0.3) is 0 Å². The van der Waals surface area contributed by atoms with Gasteiger partial charge in [0.1, 0.15) is 5.60 Å². The Bertz CT molecular complexity index is 376. The maximum atomic E-state index is 12.6. The monoisotopic (exact) mass is 292 g/mol. The summed E-state index contributed by atoms with van der Waals surface area (Å²) >= 11 is 0. The molecular weight excluding hydrogens is 260 g/mol. The molecule has 0 radical (unpaired) electrons. The smallest absolute Gasteiger partial charge is 0.309 e. The molecule has 0 saturated heterocycles. The third kappa shape index (κ3) is 2.08. The quantitative estimate of drug-likeness (QED) is 0.664. The van der Waals surface area contributed by atoms with Gasteiger partial charge in [-0.05, 0) is 51.9 Å². The predicted molar refractivity (Wildman–Crippen MR) is 85.0 cm³/mol. The molecule has 2 nitrogen and oxygen atoms in total. The van der Waals surface area contributed by atoms with E-state index in [1.807, 2.05) is 6.92 Å². The standard InChI is InChI=1S/C19H32O2/c1-4-15(2)16(20)21-17(3)18(9-5-6-10-18)13-14-19(17)11-7-8-12-19/h15H,4-14H2,1-3H3. The summed E-state index contributed by atoms with van der Waals surface area (Å²) in [6, 6.07) is 0. The first-order chi connectivity index (χ1) is 9.99. The summed E-state index contributed by atoms with van der Waals surface area (Å²) in [5.41, 5.74) is 0.383. The van der Waals surface area contributed by atoms with Gasteiger partial charge >= 0.3 is 5.97 Å². The fourth-order valence-corrected chi connectivity index (χ4v) is 5.76. The Morgan fingerprint density at radius 1 is 0.952 bits per heavy atom. The summed E-state index contributed by atoms with van der Waals surface area (Å²) in [5, 5.41) is 0. The van der Waals surface area contributed by atoms with Crippen LogP contribution in [0.15, 0.2) is 0 Å². The third-order valence-corrected chi connectivity index (χ3v) is 7.55. The van der Waals surface area contributed by atoms with Gasteiger partial charge in [-0.25, -0.2) is 0 Å². The first-order valence-corrected chi connectivity index (χ1v) is 9.22. The molecule has 0 aromatic carbocycles. The Morgan fingerprint density at radius 2 is 1.38 bits per heavy atom. The molecule has 0 bridgehead atoms. The summed E-state index contributed by atoms with van der Waals surface area (Å²) in [6.45, 7) is 6.42. The summed E-state index contributed by atoms with van der Waals surface area (Å²) in [5.74, 6) is 0.0961. The molecule has 120 valence electrons. The highest BCUT2D eigenvalue weighted by atomic mass is 16.6. The minimum atomic E-state index is -0.201. The van der Waals surface area contributed by atoms with E-state index in [9.17, 15) is 4.79 Å². The topological polar surface area (TPSA) is 26.3 Å². The zero-order valence-corrected chi connectivity index (χ0v) is 14.2. The van der Waals surface area contributed by atoms with Crippen LogP contribution in [-0.2, 0) is 9.53 Å². The molecule has 1 atom stereocenters. The molecule has 0 aliphatic heterocycles. The maximum Gasteiger partial charge on any atom is 0.309 e. The average molecular weight is 292 g/mol. The molecule has 0 heterocycles. The maximum absolute atomic E-state index is 12.6. The van der Waals surface area contributed by atoms with E-state index in [1.54, 1.807) is 0 Å². The van der Waals surface area contributed by atoms with Gasteiger partial charge in [-0.3, -0.25) is 4.79 Å². The Balaban J connectivity index is 1.93. The van der Waals surface area contributed by atoms with E-state index >= 15 is 0 Å². The molecular formula is C19H32O2. The van der Waals surface area contributed by atoms with E-state index in [-0.39, 0.29) is 17.5 Å². The van der Waals surface area contributed by atoms with Gasteiger partial charge < -0.3 is 4.74 Å². The summed E-state index contributed by atoms with van der Waals surface area (Å²) in [6.07, 6.45) is 13.9. The van der Waals surface area contributed by atoms with Crippen LogP contribution in [0.4, 0.5) is 0 Å². The SMILES string of the molecule is CCC(C)C(=O)OC1(C)C2(CCCC2)CCC12CCCC2. The molecule has 2 heteroatoms. The van der Waals surface area contributed by atoms with Crippen molar-refractivity contribution >= 4 is 5.97 Å². The lowest BCUT2D eigenvalue weighted by Crippen LogP contribution is -2.53. The van der Waals surface area contributed by atoms with E-state index in [1.165, 1.54) is 64.2 Å². The highest BCUT2D eigenvalue weighted by molar-refractivity contribution is 5.72.